The largest absolute Gasteiger partial charge is 0.341 e. The minimum Gasteiger partial charge on any atom is -0.341 e. The number of carbonyl (C=O) groups excluding carboxylic acids is 1. The van der Waals surface area contributed by atoms with Crippen molar-refractivity contribution >= 4 is 11.7 Å². The van der Waals surface area contributed by atoms with E-state index in [1.54, 1.807) is 19.0 Å². The van der Waals surface area contributed by atoms with Crippen LogP contribution in [-0.4, -0.2) is 43.8 Å². The van der Waals surface area contributed by atoms with Crippen molar-refractivity contribution in [3.8, 4) is 0 Å². The fourth-order valence-corrected chi connectivity index (χ4v) is 1.16. The van der Waals surface area contributed by atoms with Crippen LogP contribution in [0.15, 0.2) is 4.99 Å². The van der Waals surface area contributed by atoms with Crippen molar-refractivity contribution in [1.29, 1.82) is 0 Å². The third kappa shape index (κ3) is 1.69. The number of aliphatic imine (C=N–C) groups is 1. The standard InChI is InChI=1S/C7H13N3O/c1-8-6-3-4-10(5-6)7(11)9-2/h3-5H2,1-2H3,(H,9,11). The number of hydrogen-bond acceptors (Lipinski definition) is 2. The molecule has 1 N–H and O–H groups in total. The van der Waals surface area contributed by atoms with Gasteiger partial charge in [0.25, 0.3) is 0 Å². The zero-order chi connectivity index (χ0) is 8.27. The number of rotatable bonds is 0. The molecule has 1 heterocycles. The van der Waals surface area contributed by atoms with Crippen molar-refractivity contribution in [2.45, 2.75) is 6.42 Å². The third-order valence-electron chi connectivity index (χ3n) is 1.86. The van der Waals surface area contributed by atoms with Gasteiger partial charge in [-0.1, -0.05) is 0 Å². The summed E-state index contributed by atoms with van der Waals surface area (Å²) in [6.07, 6.45) is 0.921. The lowest BCUT2D eigenvalue weighted by atomic mass is 10.3. The highest BCUT2D eigenvalue weighted by molar-refractivity contribution is 5.92. The second kappa shape index (κ2) is 3.37. The Kier molecular flexibility index (Phi) is 2.46. The quantitative estimate of drug-likeness (QED) is 0.530. The smallest absolute Gasteiger partial charge is 0.317 e. The summed E-state index contributed by atoms with van der Waals surface area (Å²) in [5, 5.41) is 2.58. The second-order valence-corrected chi connectivity index (χ2v) is 2.52. The number of urea groups is 1. The number of nitrogens with one attached hydrogen (secondary N) is 1. The molecule has 0 bridgehead atoms. The van der Waals surface area contributed by atoms with Crippen molar-refractivity contribution in [3.05, 3.63) is 0 Å². The summed E-state index contributed by atoms with van der Waals surface area (Å²) < 4.78 is 0. The van der Waals surface area contributed by atoms with Crippen molar-refractivity contribution in [2.75, 3.05) is 27.2 Å². The van der Waals surface area contributed by atoms with Crippen LogP contribution in [0.5, 0.6) is 0 Å². The molecule has 62 valence electrons. The summed E-state index contributed by atoms with van der Waals surface area (Å²) in [6.45, 7) is 1.49. The van der Waals surface area contributed by atoms with Crippen molar-refractivity contribution in [1.82, 2.24) is 10.2 Å². The molecule has 0 spiro atoms. The summed E-state index contributed by atoms with van der Waals surface area (Å²) in [6, 6.07) is -0.0105. The molecule has 0 saturated carbocycles. The summed E-state index contributed by atoms with van der Waals surface area (Å²) in [7, 11) is 3.41. The van der Waals surface area contributed by atoms with E-state index in [0.29, 0.717) is 6.54 Å². The molecular weight excluding hydrogens is 142 g/mol. The Bertz CT molecular complexity index is 188. The highest BCUT2D eigenvalue weighted by Gasteiger charge is 2.20. The van der Waals surface area contributed by atoms with Gasteiger partial charge in [0.1, 0.15) is 0 Å². The van der Waals surface area contributed by atoms with E-state index in [9.17, 15) is 4.79 Å². The maximum absolute atomic E-state index is 11.0. The highest BCUT2D eigenvalue weighted by atomic mass is 16.2. The van der Waals surface area contributed by atoms with Crippen LogP contribution in [0, 0.1) is 0 Å². The lowest BCUT2D eigenvalue weighted by molar-refractivity contribution is 0.212. The molecule has 0 aromatic rings. The van der Waals surface area contributed by atoms with E-state index in [1.807, 2.05) is 0 Å². The number of carbonyl (C=O) groups is 1. The van der Waals surface area contributed by atoms with E-state index in [0.717, 1.165) is 18.7 Å². The van der Waals surface area contributed by atoms with Crippen LogP contribution in [0.25, 0.3) is 0 Å². The molecule has 1 rings (SSSR count). The van der Waals surface area contributed by atoms with Gasteiger partial charge in [0.15, 0.2) is 0 Å². The van der Waals surface area contributed by atoms with Gasteiger partial charge in [-0.05, 0) is 0 Å². The van der Waals surface area contributed by atoms with Gasteiger partial charge in [0.2, 0.25) is 0 Å². The monoisotopic (exact) mass is 155 g/mol. The summed E-state index contributed by atoms with van der Waals surface area (Å²) in [4.78, 5) is 16.8. The minimum absolute atomic E-state index is 0.0105. The Morgan fingerprint density at radius 1 is 1.73 bits per heavy atom. The van der Waals surface area contributed by atoms with Crippen LogP contribution < -0.4 is 5.32 Å². The Morgan fingerprint density at radius 2 is 2.45 bits per heavy atom. The molecule has 2 amide bonds. The zero-order valence-electron chi connectivity index (χ0n) is 6.92. The van der Waals surface area contributed by atoms with Crippen LogP contribution in [0.2, 0.25) is 0 Å². The molecule has 0 atom stereocenters. The van der Waals surface area contributed by atoms with Crippen molar-refractivity contribution in [2.24, 2.45) is 4.99 Å². The summed E-state index contributed by atoms with van der Waals surface area (Å²) in [5.41, 5.74) is 1.11. The average molecular weight is 155 g/mol. The molecule has 0 radical (unpaired) electrons. The number of nitrogens with zero attached hydrogens (tertiary/aromatic N) is 2. The Balaban J connectivity index is 2.48. The molecule has 0 aromatic carbocycles. The first kappa shape index (κ1) is 8.04. The first-order valence-electron chi connectivity index (χ1n) is 3.69. The van der Waals surface area contributed by atoms with Gasteiger partial charge < -0.3 is 10.2 Å². The van der Waals surface area contributed by atoms with Crippen molar-refractivity contribution in [3.63, 3.8) is 0 Å². The molecule has 11 heavy (non-hydrogen) atoms. The van der Waals surface area contributed by atoms with Crippen LogP contribution in [0.4, 0.5) is 4.79 Å². The maximum Gasteiger partial charge on any atom is 0.317 e. The highest BCUT2D eigenvalue weighted by Crippen LogP contribution is 2.04. The first-order valence-corrected chi connectivity index (χ1v) is 3.69. The van der Waals surface area contributed by atoms with E-state index in [2.05, 4.69) is 10.3 Å². The molecule has 4 heteroatoms. The fraction of sp³-hybridized carbons (Fsp3) is 0.714. The summed E-state index contributed by atoms with van der Waals surface area (Å²) in [5.74, 6) is 0. The third-order valence-corrected chi connectivity index (χ3v) is 1.86. The van der Waals surface area contributed by atoms with Crippen LogP contribution in [0.1, 0.15) is 6.42 Å². The topological polar surface area (TPSA) is 44.7 Å². The van der Waals surface area contributed by atoms with E-state index < -0.39 is 0 Å². The van der Waals surface area contributed by atoms with Gasteiger partial charge in [-0.3, -0.25) is 4.99 Å². The van der Waals surface area contributed by atoms with E-state index in [1.165, 1.54) is 0 Å². The number of amides is 2. The normalized spacial score (nSPS) is 20.9. The van der Waals surface area contributed by atoms with Crippen molar-refractivity contribution < 1.29 is 4.79 Å². The molecule has 0 aliphatic carbocycles. The minimum atomic E-state index is -0.0105. The van der Waals surface area contributed by atoms with Crippen LogP contribution in [-0.2, 0) is 0 Å². The summed E-state index contributed by atoms with van der Waals surface area (Å²) >= 11 is 0. The molecule has 1 aliphatic heterocycles. The Labute approximate surface area is 66.3 Å². The lowest BCUT2D eigenvalue weighted by Gasteiger charge is -2.12. The van der Waals surface area contributed by atoms with Gasteiger partial charge in [0.05, 0.1) is 6.54 Å². The SMILES string of the molecule is CN=C1CCN(C(=O)NC)C1. The molecule has 0 unspecified atom stereocenters. The van der Waals surface area contributed by atoms with Gasteiger partial charge in [-0.25, -0.2) is 4.79 Å². The van der Waals surface area contributed by atoms with Gasteiger partial charge in [0, 0.05) is 32.8 Å². The Hall–Kier alpha value is -1.06. The first-order chi connectivity index (χ1) is 5.27. The predicted molar refractivity (Wildman–Crippen MR) is 44.0 cm³/mol. The van der Waals surface area contributed by atoms with E-state index >= 15 is 0 Å². The van der Waals surface area contributed by atoms with E-state index in [4.69, 9.17) is 0 Å². The van der Waals surface area contributed by atoms with Crippen LogP contribution in [0.3, 0.4) is 0 Å². The molecule has 1 aliphatic rings. The fourth-order valence-electron chi connectivity index (χ4n) is 1.16. The zero-order valence-corrected chi connectivity index (χ0v) is 6.92. The number of hydrogen-bond donors (Lipinski definition) is 1. The Morgan fingerprint density at radius 3 is 2.91 bits per heavy atom. The molecule has 1 fully saturated rings. The van der Waals surface area contributed by atoms with E-state index in [-0.39, 0.29) is 6.03 Å². The maximum atomic E-state index is 11.0. The molecular formula is C7H13N3O. The molecule has 1 saturated heterocycles. The predicted octanol–water partition coefficient (Wildman–Crippen LogP) is 0.102. The van der Waals surface area contributed by atoms with Gasteiger partial charge in [-0.15, -0.1) is 0 Å². The molecule has 0 aromatic heterocycles. The average Bonchev–Trinajstić information content (AvgIpc) is 2.50. The molecule has 4 nitrogen and oxygen atoms in total. The number of likely N-dealkylation sites (tertiary alicyclic amines) is 1. The second-order valence-electron chi connectivity index (χ2n) is 2.52. The van der Waals surface area contributed by atoms with Gasteiger partial charge >= 0.3 is 6.03 Å². The van der Waals surface area contributed by atoms with Crippen LogP contribution >= 0.6 is 0 Å². The lowest BCUT2D eigenvalue weighted by Crippen LogP contribution is -2.36. The van der Waals surface area contributed by atoms with Gasteiger partial charge in [-0.2, -0.15) is 0 Å².